The van der Waals surface area contributed by atoms with Gasteiger partial charge in [0.1, 0.15) is 0 Å². The van der Waals surface area contributed by atoms with E-state index in [9.17, 15) is 9.90 Å². The van der Waals surface area contributed by atoms with Gasteiger partial charge in [-0.3, -0.25) is 9.59 Å². The van der Waals surface area contributed by atoms with Crippen molar-refractivity contribution in [3.05, 3.63) is 29.8 Å². The zero-order valence-electron chi connectivity index (χ0n) is 13.2. The molecule has 0 atom stereocenters. The van der Waals surface area contributed by atoms with E-state index >= 15 is 0 Å². The lowest BCUT2D eigenvalue weighted by atomic mass is 10.2. The number of carbonyl (C=O) groups excluding carboxylic acids is 1. The Labute approximate surface area is 134 Å². The molecule has 0 unspecified atom stereocenters. The Balaban J connectivity index is 0.000000593. The normalized spacial score (nSPS) is 14.1. The van der Waals surface area contributed by atoms with Crippen molar-refractivity contribution in [3.63, 3.8) is 0 Å². The van der Waals surface area contributed by atoms with Gasteiger partial charge < -0.3 is 24.6 Å². The Kier molecular flexibility index (Phi) is 7.62. The number of nitrogens with zero attached hydrogens (tertiary/aromatic N) is 1. The number of aliphatic carboxylic acids is 1. The molecule has 0 saturated carbocycles. The average Bonchev–Trinajstić information content (AvgIpc) is 2.54. The molecule has 126 valence electrons. The van der Waals surface area contributed by atoms with E-state index in [1.165, 1.54) is 19.3 Å². The summed E-state index contributed by atoms with van der Waals surface area (Å²) in [4.78, 5) is 22.6. The highest BCUT2D eigenvalue weighted by molar-refractivity contribution is 5.91. The number of morpholine rings is 1. The number of ether oxygens (including phenoxy) is 2. The van der Waals surface area contributed by atoms with Gasteiger partial charge in [-0.1, -0.05) is 6.07 Å². The summed E-state index contributed by atoms with van der Waals surface area (Å²) in [5, 5.41) is 16.9. The molecular weight excluding hydrogens is 302 g/mol. The van der Waals surface area contributed by atoms with Crippen LogP contribution in [0.4, 0.5) is 0 Å². The summed E-state index contributed by atoms with van der Waals surface area (Å²) in [7, 11) is 1.49. The van der Waals surface area contributed by atoms with Gasteiger partial charge in [-0.05, 0) is 23.8 Å². The Bertz CT molecular complexity index is 560. The number of methoxy groups -OCH3 is 1. The maximum absolute atomic E-state index is 11.9. The standard InChI is InChI=1S/C14H17NO4.C2H4O2/c1-18-13-10-11(2-4-12(13)16)3-5-14(17)15-6-8-19-9-7-15;1-2(3)4/h2-5,10,16H,6-9H2,1H3;1H3,(H,3,4)/b5-3+;. The van der Waals surface area contributed by atoms with E-state index in [0.29, 0.717) is 32.1 Å². The molecule has 2 N–H and O–H groups in total. The van der Waals surface area contributed by atoms with Gasteiger partial charge in [-0.25, -0.2) is 0 Å². The van der Waals surface area contributed by atoms with Crippen LogP contribution >= 0.6 is 0 Å². The predicted octanol–water partition coefficient (Wildman–Crippen LogP) is 1.36. The molecule has 23 heavy (non-hydrogen) atoms. The van der Waals surface area contributed by atoms with Gasteiger partial charge in [-0.15, -0.1) is 0 Å². The van der Waals surface area contributed by atoms with Gasteiger partial charge in [-0.2, -0.15) is 0 Å². The number of carboxylic acid groups (broad SMARTS) is 1. The molecule has 0 bridgehead atoms. The van der Waals surface area contributed by atoms with Crippen LogP contribution in [-0.4, -0.2) is 60.4 Å². The van der Waals surface area contributed by atoms with E-state index in [-0.39, 0.29) is 11.7 Å². The van der Waals surface area contributed by atoms with Crippen LogP contribution in [0.2, 0.25) is 0 Å². The number of phenolic OH excluding ortho intramolecular Hbond substituents is 1. The van der Waals surface area contributed by atoms with Crippen molar-refractivity contribution >= 4 is 18.0 Å². The van der Waals surface area contributed by atoms with Crippen molar-refractivity contribution in [2.75, 3.05) is 33.4 Å². The van der Waals surface area contributed by atoms with E-state index in [0.717, 1.165) is 12.5 Å². The summed E-state index contributed by atoms with van der Waals surface area (Å²) in [6.45, 7) is 3.52. The highest BCUT2D eigenvalue weighted by Gasteiger charge is 2.13. The average molecular weight is 323 g/mol. The molecule has 7 heteroatoms. The van der Waals surface area contributed by atoms with Crippen LogP contribution in [-0.2, 0) is 14.3 Å². The van der Waals surface area contributed by atoms with E-state index in [4.69, 9.17) is 19.4 Å². The minimum atomic E-state index is -0.833. The molecule has 7 nitrogen and oxygen atoms in total. The summed E-state index contributed by atoms with van der Waals surface area (Å²) in [6.07, 6.45) is 3.23. The smallest absolute Gasteiger partial charge is 0.300 e. The molecule has 1 aromatic carbocycles. The summed E-state index contributed by atoms with van der Waals surface area (Å²) in [5.41, 5.74) is 0.802. The minimum Gasteiger partial charge on any atom is -0.504 e. The van der Waals surface area contributed by atoms with Gasteiger partial charge in [0, 0.05) is 26.1 Å². The monoisotopic (exact) mass is 323 g/mol. The van der Waals surface area contributed by atoms with Crippen LogP contribution in [0.5, 0.6) is 11.5 Å². The summed E-state index contributed by atoms with van der Waals surface area (Å²) in [6, 6.07) is 4.94. The lowest BCUT2D eigenvalue weighted by Crippen LogP contribution is -2.39. The molecule has 1 fully saturated rings. The maximum Gasteiger partial charge on any atom is 0.300 e. The Morgan fingerprint density at radius 2 is 1.91 bits per heavy atom. The summed E-state index contributed by atoms with van der Waals surface area (Å²) >= 11 is 0. The number of benzene rings is 1. The lowest BCUT2D eigenvalue weighted by molar-refractivity contribution is -0.134. The molecule has 0 spiro atoms. The second kappa shape index (κ2) is 9.47. The summed E-state index contributed by atoms with van der Waals surface area (Å²) in [5.74, 6) is -0.393. The molecule has 0 aromatic heterocycles. The highest BCUT2D eigenvalue weighted by Crippen LogP contribution is 2.26. The first-order chi connectivity index (χ1) is 10.9. The number of aromatic hydroxyl groups is 1. The highest BCUT2D eigenvalue weighted by atomic mass is 16.5. The van der Waals surface area contributed by atoms with E-state index in [2.05, 4.69) is 0 Å². The minimum absolute atomic E-state index is 0.0321. The number of amides is 1. The molecule has 1 saturated heterocycles. The van der Waals surface area contributed by atoms with Crippen LogP contribution in [0.3, 0.4) is 0 Å². The van der Waals surface area contributed by atoms with Gasteiger partial charge in [0.15, 0.2) is 11.5 Å². The van der Waals surface area contributed by atoms with Gasteiger partial charge >= 0.3 is 0 Å². The van der Waals surface area contributed by atoms with Gasteiger partial charge in [0.05, 0.1) is 20.3 Å². The van der Waals surface area contributed by atoms with Crippen molar-refractivity contribution in [3.8, 4) is 11.5 Å². The molecule has 1 aromatic rings. The molecule has 0 aliphatic carbocycles. The van der Waals surface area contributed by atoms with Crippen molar-refractivity contribution in [1.29, 1.82) is 0 Å². The molecule has 1 aliphatic rings. The van der Waals surface area contributed by atoms with Crippen molar-refractivity contribution in [2.24, 2.45) is 0 Å². The summed E-state index contributed by atoms with van der Waals surface area (Å²) < 4.78 is 10.2. The quantitative estimate of drug-likeness (QED) is 0.816. The maximum atomic E-state index is 11.9. The van der Waals surface area contributed by atoms with Crippen molar-refractivity contribution < 1.29 is 29.3 Å². The molecule has 2 rings (SSSR count). The number of carbonyl (C=O) groups is 2. The van der Waals surface area contributed by atoms with Crippen molar-refractivity contribution in [1.82, 2.24) is 4.90 Å². The molecule has 0 radical (unpaired) electrons. The van der Waals surface area contributed by atoms with E-state index in [1.54, 1.807) is 23.1 Å². The topological polar surface area (TPSA) is 96.3 Å². The zero-order chi connectivity index (χ0) is 17.2. The number of hydrogen-bond donors (Lipinski definition) is 2. The van der Waals surface area contributed by atoms with Crippen LogP contribution < -0.4 is 4.74 Å². The fraction of sp³-hybridized carbons (Fsp3) is 0.375. The SMILES string of the molecule is CC(=O)O.COc1cc(/C=C/C(=O)N2CCOCC2)ccc1O. The van der Waals surface area contributed by atoms with Gasteiger partial charge in [0.25, 0.3) is 5.97 Å². The third kappa shape index (κ3) is 6.84. The number of hydrogen-bond acceptors (Lipinski definition) is 5. The Morgan fingerprint density at radius 3 is 2.48 bits per heavy atom. The first-order valence-corrected chi connectivity index (χ1v) is 7.05. The number of rotatable bonds is 3. The third-order valence-corrected chi connectivity index (χ3v) is 2.94. The first kappa shape index (κ1) is 18.5. The second-order valence-electron chi connectivity index (χ2n) is 4.72. The van der Waals surface area contributed by atoms with Crippen LogP contribution in [0.1, 0.15) is 12.5 Å². The number of carboxylic acids is 1. The molecule has 1 amide bonds. The second-order valence-corrected chi connectivity index (χ2v) is 4.72. The Morgan fingerprint density at radius 1 is 1.30 bits per heavy atom. The molecular formula is C16H21NO6. The lowest BCUT2D eigenvalue weighted by Gasteiger charge is -2.25. The Hall–Kier alpha value is -2.54. The van der Waals surface area contributed by atoms with Crippen LogP contribution in [0, 0.1) is 0 Å². The van der Waals surface area contributed by atoms with E-state index < -0.39 is 5.97 Å². The van der Waals surface area contributed by atoms with Crippen LogP contribution in [0.25, 0.3) is 6.08 Å². The fourth-order valence-corrected chi connectivity index (χ4v) is 1.85. The molecule has 1 aliphatic heterocycles. The zero-order valence-corrected chi connectivity index (χ0v) is 13.2. The fourth-order valence-electron chi connectivity index (χ4n) is 1.85. The van der Waals surface area contributed by atoms with Crippen molar-refractivity contribution in [2.45, 2.75) is 6.92 Å². The van der Waals surface area contributed by atoms with E-state index in [1.807, 2.05) is 0 Å². The van der Waals surface area contributed by atoms with Crippen LogP contribution in [0.15, 0.2) is 24.3 Å². The first-order valence-electron chi connectivity index (χ1n) is 7.05. The van der Waals surface area contributed by atoms with Gasteiger partial charge in [0.2, 0.25) is 5.91 Å². The largest absolute Gasteiger partial charge is 0.504 e. The third-order valence-electron chi connectivity index (χ3n) is 2.94. The predicted molar refractivity (Wildman–Crippen MR) is 84.4 cm³/mol. The molecule has 1 heterocycles. The number of phenols is 1.